The van der Waals surface area contributed by atoms with Gasteiger partial charge in [0.25, 0.3) is 10.0 Å². The number of benzene rings is 3. The van der Waals surface area contributed by atoms with Crippen LogP contribution in [0.5, 0.6) is 28.7 Å². The molecule has 0 aliphatic carbocycles. The molecule has 0 fully saturated rings. The van der Waals surface area contributed by atoms with Crippen molar-refractivity contribution in [3.8, 4) is 28.7 Å². The molecule has 3 aliphatic heterocycles. The second kappa shape index (κ2) is 8.09. The molecule has 10 nitrogen and oxygen atoms in total. The highest BCUT2D eigenvalue weighted by Crippen LogP contribution is 2.45. The number of carbonyl (C=O) groups is 1. The zero-order valence-electron chi connectivity index (χ0n) is 18.9. The third-order valence-electron chi connectivity index (χ3n) is 6.14. The molecule has 0 atom stereocenters. The number of hydrogen-bond donors (Lipinski definition) is 1. The first-order valence-corrected chi connectivity index (χ1v) is 12.3. The molecule has 0 aromatic heterocycles. The van der Waals surface area contributed by atoms with Crippen molar-refractivity contribution in [1.82, 2.24) is 4.31 Å². The third-order valence-corrected chi connectivity index (χ3v) is 7.92. The fourth-order valence-corrected chi connectivity index (χ4v) is 6.15. The summed E-state index contributed by atoms with van der Waals surface area (Å²) in [5, 5.41) is 10.3. The Bertz CT molecular complexity index is 1560. The Kier molecular flexibility index (Phi) is 4.97. The van der Waals surface area contributed by atoms with Crippen molar-refractivity contribution in [3.63, 3.8) is 0 Å². The zero-order valence-corrected chi connectivity index (χ0v) is 19.7. The lowest BCUT2D eigenvalue weighted by molar-refractivity contribution is -0.133. The molecule has 11 heteroatoms. The molecule has 3 aromatic carbocycles. The number of methoxy groups -OCH3 is 1. The van der Waals surface area contributed by atoms with Crippen molar-refractivity contribution in [1.29, 1.82) is 0 Å². The maximum atomic E-state index is 13.9. The fourth-order valence-electron chi connectivity index (χ4n) is 4.47. The van der Waals surface area contributed by atoms with Crippen LogP contribution in [0.1, 0.15) is 16.7 Å². The number of carboxylic acids is 1. The monoisotopic (exact) mass is 509 g/mol. The van der Waals surface area contributed by atoms with E-state index in [9.17, 15) is 18.3 Å². The molecule has 3 aliphatic rings. The zero-order chi connectivity index (χ0) is 25.0. The van der Waals surface area contributed by atoms with Crippen LogP contribution in [-0.4, -0.2) is 44.5 Å². The molecule has 0 saturated heterocycles. The number of aliphatic carboxylic acids is 1. The smallest absolute Gasteiger partial charge is 0.353 e. The summed E-state index contributed by atoms with van der Waals surface area (Å²) in [6, 6.07) is 14.5. The van der Waals surface area contributed by atoms with Gasteiger partial charge < -0.3 is 28.8 Å². The van der Waals surface area contributed by atoms with E-state index in [1.165, 1.54) is 13.2 Å². The molecule has 0 spiro atoms. The van der Waals surface area contributed by atoms with Gasteiger partial charge in [0.15, 0.2) is 23.0 Å². The number of sulfonamides is 1. The highest BCUT2D eigenvalue weighted by molar-refractivity contribution is 7.89. The van der Waals surface area contributed by atoms with Gasteiger partial charge in [0.1, 0.15) is 11.4 Å². The Morgan fingerprint density at radius 1 is 0.917 bits per heavy atom. The maximum absolute atomic E-state index is 13.9. The van der Waals surface area contributed by atoms with Gasteiger partial charge in [-0.25, -0.2) is 13.2 Å². The lowest BCUT2D eigenvalue weighted by Gasteiger charge is -2.33. The molecule has 6 rings (SSSR count). The summed E-state index contributed by atoms with van der Waals surface area (Å²) in [6.07, 6.45) is 0. The van der Waals surface area contributed by atoms with E-state index in [0.29, 0.717) is 39.9 Å². The van der Waals surface area contributed by atoms with Crippen LogP contribution in [0.2, 0.25) is 0 Å². The van der Waals surface area contributed by atoms with Gasteiger partial charge in [-0.2, -0.15) is 0 Å². The van der Waals surface area contributed by atoms with E-state index in [-0.39, 0.29) is 41.9 Å². The van der Waals surface area contributed by atoms with Gasteiger partial charge in [-0.1, -0.05) is 12.1 Å². The van der Waals surface area contributed by atoms with E-state index in [0.717, 1.165) is 4.31 Å². The summed E-state index contributed by atoms with van der Waals surface area (Å²) >= 11 is 0. The minimum atomic E-state index is -4.29. The summed E-state index contributed by atoms with van der Waals surface area (Å²) in [5.74, 6) is 0.881. The molecule has 36 heavy (non-hydrogen) atoms. The Morgan fingerprint density at radius 3 is 2.28 bits per heavy atom. The Balaban J connectivity index is 1.58. The van der Waals surface area contributed by atoms with Gasteiger partial charge in [0.05, 0.1) is 18.6 Å². The number of fused-ring (bicyclic) bond motifs is 3. The topological polar surface area (TPSA) is 121 Å². The lowest BCUT2D eigenvalue weighted by Crippen LogP contribution is -2.37. The number of carboxylic acid groups (broad SMARTS) is 1. The summed E-state index contributed by atoms with van der Waals surface area (Å²) in [5.41, 5.74) is 1.08. The highest BCUT2D eigenvalue weighted by Gasteiger charge is 2.41. The van der Waals surface area contributed by atoms with Gasteiger partial charge in [-0.15, -0.1) is 0 Å². The van der Waals surface area contributed by atoms with Crippen LogP contribution in [0.4, 0.5) is 0 Å². The second-order valence-electron chi connectivity index (χ2n) is 8.16. The molecule has 0 amide bonds. The van der Waals surface area contributed by atoms with E-state index in [2.05, 4.69) is 0 Å². The summed E-state index contributed by atoms with van der Waals surface area (Å²) in [7, 11) is -2.86. The van der Waals surface area contributed by atoms with E-state index in [4.69, 9.17) is 23.7 Å². The van der Waals surface area contributed by atoms with Gasteiger partial charge >= 0.3 is 5.97 Å². The van der Waals surface area contributed by atoms with Gasteiger partial charge in [0.2, 0.25) is 13.6 Å². The number of ether oxygens (including phenoxy) is 5. The van der Waals surface area contributed by atoms with E-state index in [1.54, 1.807) is 48.5 Å². The van der Waals surface area contributed by atoms with E-state index >= 15 is 0 Å². The first-order valence-electron chi connectivity index (χ1n) is 10.8. The second-order valence-corrected chi connectivity index (χ2v) is 9.99. The van der Waals surface area contributed by atoms with Gasteiger partial charge in [-0.3, -0.25) is 4.31 Å². The van der Waals surface area contributed by atoms with Gasteiger partial charge in [-0.05, 0) is 47.5 Å². The van der Waals surface area contributed by atoms with E-state index in [1.807, 2.05) is 0 Å². The normalized spacial score (nSPS) is 16.6. The van der Waals surface area contributed by atoms with Crippen molar-refractivity contribution < 1.29 is 42.0 Å². The summed E-state index contributed by atoms with van der Waals surface area (Å²) in [4.78, 5) is 12.6. The Labute approximate surface area is 205 Å². The fraction of sp³-hybridized carbons (Fsp3) is 0.160. The molecule has 0 unspecified atom stereocenters. The number of hydrogen-bond acceptors (Lipinski definition) is 8. The largest absolute Gasteiger partial charge is 0.497 e. The van der Waals surface area contributed by atoms with Crippen LogP contribution in [0, 0.1) is 0 Å². The van der Waals surface area contributed by atoms with Crippen LogP contribution in [-0.2, 0) is 21.4 Å². The molecule has 0 saturated carbocycles. The molecule has 184 valence electrons. The molecule has 1 N–H and O–H groups in total. The third kappa shape index (κ3) is 3.39. The van der Waals surface area contributed by atoms with Gasteiger partial charge in [0, 0.05) is 17.2 Å². The first-order chi connectivity index (χ1) is 17.4. The van der Waals surface area contributed by atoms with Crippen LogP contribution < -0.4 is 23.7 Å². The SMILES string of the molecule is COc1ccc2c(c1)S(=O)(=O)N(Cc1ccc3c(c1)OCO3)C(C(=O)O)=C2c1ccc2c(c1)OCO2. The standard InChI is InChI=1S/C25H19NO9S/c1-31-16-4-5-17-22(10-16)36(29,30)26(11-14-2-6-18-20(8-14)34-12-32-18)24(25(27)28)23(17)15-3-7-19-21(9-15)35-13-33-19/h2-10H,11-13H2,1H3,(H,27,28). The number of rotatable bonds is 5. The highest BCUT2D eigenvalue weighted by atomic mass is 32.2. The quantitative estimate of drug-likeness (QED) is 0.553. The molecule has 3 heterocycles. The predicted molar refractivity (Wildman–Crippen MR) is 125 cm³/mol. The van der Waals surface area contributed by atoms with Crippen LogP contribution in [0.3, 0.4) is 0 Å². The van der Waals surface area contributed by atoms with Crippen molar-refractivity contribution in [2.24, 2.45) is 0 Å². The average Bonchev–Trinajstić information content (AvgIpc) is 3.53. The van der Waals surface area contributed by atoms with Crippen molar-refractivity contribution in [2.75, 3.05) is 20.7 Å². The van der Waals surface area contributed by atoms with Crippen LogP contribution >= 0.6 is 0 Å². The van der Waals surface area contributed by atoms with Crippen molar-refractivity contribution in [2.45, 2.75) is 11.4 Å². The Morgan fingerprint density at radius 2 is 1.58 bits per heavy atom. The molecular weight excluding hydrogens is 490 g/mol. The minimum absolute atomic E-state index is 0.0437. The van der Waals surface area contributed by atoms with Crippen molar-refractivity contribution >= 4 is 21.6 Å². The Hall–Kier alpha value is -4.38. The maximum Gasteiger partial charge on any atom is 0.353 e. The first kappa shape index (κ1) is 22.1. The van der Waals surface area contributed by atoms with Crippen molar-refractivity contribution in [3.05, 3.63) is 77.0 Å². The molecular formula is C25H19NO9S. The minimum Gasteiger partial charge on any atom is -0.497 e. The van der Waals surface area contributed by atoms with Crippen LogP contribution in [0.25, 0.3) is 5.57 Å². The average molecular weight is 509 g/mol. The summed E-state index contributed by atoms with van der Waals surface area (Å²) < 4.78 is 55.5. The molecule has 0 radical (unpaired) electrons. The lowest BCUT2D eigenvalue weighted by atomic mass is 9.94. The van der Waals surface area contributed by atoms with E-state index < -0.39 is 16.0 Å². The number of nitrogens with zero attached hydrogens (tertiary/aromatic N) is 1. The van der Waals surface area contributed by atoms with Crippen LogP contribution in [0.15, 0.2) is 65.2 Å². The molecule has 0 bridgehead atoms. The predicted octanol–water partition coefficient (Wildman–Crippen LogP) is 3.20. The summed E-state index contributed by atoms with van der Waals surface area (Å²) in [6.45, 7) is -0.143. The molecule has 3 aromatic rings.